The Balaban J connectivity index is 1.54. The molecule has 1 amide bonds. The molecule has 5 rings (SSSR count). The van der Waals surface area contributed by atoms with E-state index >= 15 is 0 Å². The Labute approximate surface area is 179 Å². The molecule has 31 heavy (non-hydrogen) atoms. The highest BCUT2D eigenvalue weighted by Crippen LogP contribution is 2.29. The van der Waals surface area contributed by atoms with Gasteiger partial charge in [-0.05, 0) is 49.6 Å². The number of benzene rings is 2. The molecule has 1 aliphatic rings. The second-order valence-corrected chi connectivity index (χ2v) is 7.68. The number of nitrogens with one attached hydrogen (secondary N) is 3. The molecule has 0 bridgehead atoms. The van der Waals surface area contributed by atoms with Crippen molar-refractivity contribution < 1.29 is 4.79 Å². The van der Waals surface area contributed by atoms with Crippen LogP contribution < -0.4 is 16.0 Å². The molecule has 3 N–H and O–H groups in total. The molecule has 0 aliphatic heterocycles. The summed E-state index contributed by atoms with van der Waals surface area (Å²) in [5.74, 6) is 1.05. The van der Waals surface area contributed by atoms with Crippen molar-refractivity contribution in [3.05, 3.63) is 65.9 Å². The molecule has 2 heterocycles. The van der Waals surface area contributed by atoms with Crippen molar-refractivity contribution in [2.24, 2.45) is 0 Å². The first-order valence-electron chi connectivity index (χ1n) is 10.3. The highest BCUT2D eigenvalue weighted by atomic mass is 16.1. The minimum Gasteiger partial charge on any atom is -0.357 e. The van der Waals surface area contributed by atoms with Crippen molar-refractivity contribution in [1.82, 2.24) is 25.1 Å². The van der Waals surface area contributed by atoms with E-state index in [9.17, 15) is 4.79 Å². The molecule has 8 heteroatoms. The number of para-hydroxylation sites is 1. The zero-order chi connectivity index (χ0) is 21.4. The molecule has 4 aromatic rings. The van der Waals surface area contributed by atoms with E-state index in [0.717, 1.165) is 35.2 Å². The van der Waals surface area contributed by atoms with Crippen molar-refractivity contribution >= 4 is 34.4 Å². The molecule has 1 aliphatic carbocycles. The lowest BCUT2D eigenvalue weighted by molar-refractivity contribution is 0.0951. The molecule has 1 saturated carbocycles. The van der Waals surface area contributed by atoms with Crippen LogP contribution in [0, 0.1) is 6.92 Å². The first-order valence-corrected chi connectivity index (χ1v) is 10.3. The van der Waals surface area contributed by atoms with Crippen LogP contribution in [0.25, 0.3) is 16.7 Å². The summed E-state index contributed by atoms with van der Waals surface area (Å²) in [6, 6.07) is 15.8. The van der Waals surface area contributed by atoms with Crippen molar-refractivity contribution in [3.8, 4) is 5.69 Å². The summed E-state index contributed by atoms with van der Waals surface area (Å²) < 4.78 is 1.79. The van der Waals surface area contributed by atoms with Gasteiger partial charge in [0.1, 0.15) is 5.82 Å². The number of carbonyl (C=O) groups excluding carboxylic acids is 1. The Morgan fingerprint density at radius 3 is 2.65 bits per heavy atom. The maximum absolute atomic E-state index is 12.5. The first kappa shape index (κ1) is 19.0. The molecule has 8 nitrogen and oxygen atoms in total. The van der Waals surface area contributed by atoms with E-state index in [0.29, 0.717) is 29.0 Å². The van der Waals surface area contributed by atoms with Crippen LogP contribution in [-0.4, -0.2) is 38.7 Å². The summed E-state index contributed by atoms with van der Waals surface area (Å²) in [6.45, 7) is 2.00. The third-order valence-electron chi connectivity index (χ3n) is 5.32. The molecular formula is C23H23N7O. The average Bonchev–Trinajstić information content (AvgIpc) is 3.50. The van der Waals surface area contributed by atoms with Gasteiger partial charge in [-0.2, -0.15) is 15.1 Å². The summed E-state index contributed by atoms with van der Waals surface area (Å²) in [4.78, 5) is 21.7. The van der Waals surface area contributed by atoms with Gasteiger partial charge in [0.25, 0.3) is 5.91 Å². The molecule has 0 spiro atoms. The zero-order valence-corrected chi connectivity index (χ0v) is 17.4. The lowest BCUT2D eigenvalue weighted by Gasteiger charge is -2.13. The van der Waals surface area contributed by atoms with E-state index in [1.54, 1.807) is 17.9 Å². The molecule has 0 radical (unpaired) electrons. The maximum atomic E-state index is 12.5. The fourth-order valence-corrected chi connectivity index (χ4v) is 3.40. The lowest BCUT2D eigenvalue weighted by Crippen LogP contribution is -2.25. The van der Waals surface area contributed by atoms with Gasteiger partial charge in [0, 0.05) is 24.3 Å². The summed E-state index contributed by atoms with van der Waals surface area (Å²) in [5.41, 5.74) is 4.06. The molecule has 2 aromatic carbocycles. The Kier molecular flexibility index (Phi) is 4.74. The minimum absolute atomic E-state index is 0.0498. The van der Waals surface area contributed by atoms with E-state index in [4.69, 9.17) is 0 Å². The molecule has 0 saturated heterocycles. The number of nitrogens with zero attached hydrogens (tertiary/aromatic N) is 4. The molecular weight excluding hydrogens is 390 g/mol. The molecule has 156 valence electrons. The van der Waals surface area contributed by atoms with Crippen LogP contribution in [0.1, 0.15) is 28.8 Å². The number of amides is 1. The van der Waals surface area contributed by atoms with Crippen LogP contribution in [0.5, 0.6) is 0 Å². The normalized spacial score (nSPS) is 13.2. The molecule has 0 atom stereocenters. The fraction of sp³-hybridized carbons (Fsp3) is 0.217. The monoisotopic (exact) mass is 413 g/mol. The second kappa shape index (κ2) is 7.71. The largest absolute Gasteiger partial charge is 0.357 e. The number of fused-ring (bicyclic) bond motifs is 1. The smallest absolute Gasteiger partial charge is 0.251 e. The number of carbonyl (C=O) groups is 1. The number of anilines is 3. The van der Waals surface area contributed by atoms with Gasteiger partial charge in [-0.25, -0.2) is 4.68 Å². The summed E-state index contributed by atoms with van der Waals surface area (Å²) in [6.07, 6.45) is 3.86. The zero-order valence-electron chi connectivity index (χ0n) is 17.4. The maximum Gasteiger partial charge on any atom is 0.251 e. The van der Waals surface area contributed by atoms with E-state index in [1.807, 2.05) is 55.5 Å². The van der Waals surface area contributed by atoms with Gasteiger partial charge < -0.3 is 16.0 Å². The lowest BCUT2D eigenvalue weighted by atomic mass is 10.1. The first-order chi connectivity index (χ1) is 15.1. The number of hydrogen-bond donors (Lipinski definition) is 3. The van der Waals surface area contributed by atoms with Crippen molar-refractivity contribution in [1.29, 1.82) is 0 Å². The summed E-state index contributed by atoms with van der Waals surface area (Å²) in [7, 11) is 1.78. The number of hydrogen-bond acceptors (Lipinski definition) is 6. The van der Waals surface area contributed by atoms with Crippen molar-refractivity contribution in [2.75, 3.05) is 17.7 Å². The van der Waals surface area contributed by atoms with Gasteiger partial charge in [0.15, 0.2) is 5.65 Å². The van der Waals surface area contributed by atoms with Crippen LogP contribution in [0.15, 0.2) is 54.7 Å². The van der Waals surface area contributed by atoms with Gasteiger partial charge in [-0.15, -0.1) is 0 Å². The Bertz CT molecular complexity index is 1260. The van der Waals surface area contributed by atoms with Gasteiger partial charge in [-0.1, -0.05) is 24.3 Å². The quantitative estimate of drug-likeness (QED) is 0.445. The van der Waals surface area contributed by atoms with Gasteiger partial charge in [-0.3, -0.25) is 4.79 Å². The van der Waals surface area contributed by atoms with Crippen LogP contribution in [0.4, 0.5) is 17.5 Å². The molecule has 0 unspecified atom stereocenters. The standard InChI is InChI=1S/C23H23N7O/c1-14-8-9-15(22(31)26-16-10-11-16)12-19(14)27-20-18-13-25-30(17-6-4-3-5-7-17)21(18)29-23(24-2)28-20/h3-9,12-13,16H,10-11H2,1-2H3,(H,26,31)(H2,24,27,28,29). The third kappa shape index (κ3) is 3.79. The molecule has 2 aromatic heterocycles. The van der Waals surface area contributed by atoms with Gasteiger partial charge in [0.05, 0.1) is 17.3 Å². The van der Waals surface area contributed by atoms with Crippen LogP contribution in [-0.2, 0) is 0 Å². The fourth-order valence-electron chi connectivity index (χ4n) is 3.40. The molecule has 1 fully saturated rings. The van der Waals surface area contributed by atoms with Gasteiger partial charge >= 0.3 is 0 Å². The Hall–Kier alpha value is -3.94. The number of aryl methyl sites for hydroxylation is 1. The van der Waals surface area contributed by atoms with Gasteiger partial charge in [0.2, 0.25) is 5.95 Å². The minimum atomic E-state index is -0.0498. The van der Waals surface area contributed by atoms with Crippen molar-refractivity contribution in [2.45, 2.75) is 25.8 Å². The summed E-state index contributed by atoms with van der Waals surface area (Å²) in [5, 5.41) is 14.8. The predicted molar refractivity (Wildman–Crippen MR) is 121 cm³/mol. The Morgan fingerprint density at radius 1 is 1.10 bits per heavy atom. The van der Waals surface area contributed by atoms with E-state index in [2.05, 4.69) is 31.0 Å². The van der Waals surface area contributed by atoms with E-state index in [1.165, 1.54) is 0 Å². The topological polar surface area (TPSA) is 96.8 Å². The second-order valence-electron chi connectivity index (χ2n) is 7.68. The van der Waals surface area contributed by atoms with Crippen LogP contribution >= 0.6 is 0 Å². The highest BCUT2D eigenvalue weighted by Gasteiger charge is 2.24. The van der Waals surface area contributed by atoms with E-state index < -0.39 is 0 Å². The predicted octanol–water partition coefficient (Wildman–Crippen LogP) is 3.80. The van der Waals surface area contributed by atoms with Crippen LogP contribution in [0.2, 0.25) is 0 Å². The SMILES string of the molecule is CNc1nc(Nc2cc(C(=O)NC3CC3)ccc2C)c2cnn(-c3ccccc3)c2n1. The van der Waals surface area contributed by atoms with Crippen LogP contribution in [0.3, 0.4) is 0 Å². The van der Waals surface area contributed by atoms with Crippen molar-refractivity contribution in [3.63, 3.8) is 0 Å². The number of aromatic nitrogens is 4. The summed E-state index contributed by atoms with van der Waals surface area (Å²) >= 11 is 0. The number of rotatable bonds is 6. The van der Waals surface area contributed by atoms with E-state index in [-0.39, 0.29) is 5.91 Å². The third-order valence-corrected chi connectivity index (χ3v) is 5.32. The Morgan fingerprint density at radius 2 is 1.90 bits per heavy atom. The average molecular weight is 413 g/mol. The highest BCUT2D eigenvalue weighted by molar-refractivity contribution is 5.96.